The number of rotatable bonds is 3. The first-order valence-electron chi connectivity index (χ1n) is 7.82. The molecule has 0 amide bonds. The predicted octanol–water partition coefficient (Wildman–Crippen LogP) is 3.23. The summed E-state index contributed by atoms with van der Waals surface area (Å²) in [6, 6.07) is 9.97. The summed E-state index contributed by atoms with van der Waals surface area (Å²) in [6.07, 6.45) is -4.48. The van der Waals surface area contributed by atoms with Gasteiger partial charge in [0, 0.05) is 16.6 Å². The molecule has 0 aliphatic heterocycles. The Morgan fingerprint density at radius 2 is 1.63 bits per heavy atom. The molecular formula is C18H15F3N2O3S. The minimum absolute atomic E-state index is 0.0227. The SMILES string of the molecule is CNS(=O)(=O)c1ccc2c(c1)cc(C)c(=O)n2-c1ccc(C(F)(F)F)cc1. The first kappa shape index (κ1) is 19.1. The number of nitrogens with one attached hydrogen (secondary N) is 1. The highest BCUT2D eigenvalue weighted by Gasteiger charge is 2.30. The molecule has 142 valence electrons. The van der Waals surface area contributed by atoms with Crippen molar-refractivity contribution in [3.63, 3.8) is 0 Å². The van der Waals surface area contributed by atoms with Gasteiger partial charge in [-0.25, -0.2) is 13.1 Å². The summed E-state index contributed by atoms with van der Waals surface area (Å²) < 4.78 is 65.8. The van der Waals surface area contributed by atoms with Crippen LogP contribution in [0.4, 0.5) is 13.2 Å². The maximum atomic E-state index is 12.8. The molecule has 0 fully saturated rings. The zero-order chi connectivity index (χ0) is 20.0. The molecule has 1 aromatic heterocycles. The molecule has 5 nitrogen and oxygen atoms in total. The Morgan fingerprint density at radius 3 is 2.19 bits per heavy atom. The summed E-state index contributed by atoms with van der Waals surface area (Å²) >= 11 is 0. The fourth-order valence-corrected chi connectivity index (χ4v) is 3.54. The molecule has 0 aliphatic carbocycles. The van der Waals surface area contributed by atoms with E-state index in [9.17, 15) is 26.4 Å². The number of hydrogen-bond donors (Lipinski definition) is 1. The second-order valence-corrected chi connectivity index (χ2v) is 7.83. The van der Waals surface area contributed by atoms with E-state index in [4.69, 9.17) is 0 Å². The number of sulfonamides is 1. The zero-order valence-electron chi connectivity index (χ0n) is 14.3. The molecule has 3 aromatic rings. The molecule has 0 radical (unpaired) electrons. The summed E-state index contributed by atoms with van der Waals surface area (Å²) in [6.45, 7) is 1.56. The number of alkyl halides is 3. The molecule has 27 heavy (non-hydrogen) atoms. The lowest BCUT2D eigenvalue weighted by Gasteiger charge is -2.14. The van der Waals surface area contributed by atoms with Gasteiger partial charge >= 0.3 is 6.18 Å². The Balaban J connectivity index is 2.26. The van der Waals surface area contributed by atoms with Gasteiger partial charge in [0.05, 0.1) is 16.0 Å². The standard InChI is InChI=1S/C18H15F3N2O3S/c1-11-9-12-10-15(27(25,26)22-2)7-8-16(12)23(17(11)24)14-5-3-13(4-6-14)18(19,20)21/h3-10,22H,1-2H3. The van der Waals surface area contributed by atoms with Gasteiger partial charge in [0.2, 0.25) is 10.0 Å². The molecule has 3 rings (SSSR count). The van der Waals surface area contributed by atoms with Gasteiger partial charge in [0.15, 0.2) is 0 Å². The molecule has 2 aromatic carbocycles. The van der Waals surface area contributed by atoms with Gasteiger partial charge in [-0.1, -0.05) is 0 Å². The van der Waals surface area contributed by atoms with E-state index in [1.54, 1.807) is 13.0 Å². The van der Waals surface area contributed by atoms with E-state index in [1.807, 2.05) is 0 Å². The highest BCUT2D eigenvalue weighted by Crippen LogP contribution is 2.30. The first-order valence-corrected chi connectivity index (χ1v) is 9.30. The van der Waals surface area contributed by atoms with E-state index in [1.165, 1.54) is 41.9 Å². The van der Waals surface area contributed by atoms with Crippen molar-refractivity contribution in [3.8, 4) is 5.69 Å². The third-order valence-electron chi connectivity index (χ3n) is 4.18. The Morgan fingerprint density at radius 1 is 1.00 bits per heavy atom. The van der Waals surface area contributed by atoms with Crippen LogP contribution >= 0.6 is 0 Å². The smallest absolute Gasteiger partial charge is 0.277 e. The van der Waals surface area contributed by atoms with Gasteiger partial charge in [-0.3, -0.25) is 9.36 Å². The van der Waals surface area contributed by atoms with E-state index >= 15 is 0 Å². The molecule has 0 spiro atoms. The van der Waals surface area contributed by atoms with Crippen LogP contribution in [0.25, 0.3) is 16.6 Å². The highest BCUT2D eigenvalue weighted by atomic mass is 32.2. The molecule has 1 heterocycles. The van der Waals surface area contributed by atoms with Gasteiger partial charge in [-0.05, 0) is 62.5 Å². The Kier molecular flexibility index (Phi) is 4.61. The Hall–Kier alpha value is -2.65. The quantitative estimate of drug-likeness (QED) is 0.739. The third kappa shape index (κ3) is 3.47. The van der Waals surface area contributed by atoms with Crippen LogP contribution < -0.4 is 10.3 Å². The number of hydrogen-bond acceptors (Lipinski definition) is 3. The normalized spacial score (nSPS) is 12.5. The van der Waals surface area contributed by atoms with E-state index in [0.717, 1.165) is 12.1 Å². The van der Waals surface area contributed by atoms with Gasteiger partial charge in [-0.15, -0.1) is 0 Å². The van der Waals surface area contributed by atoms with Crippen molar-refractivity contribution in [2.45, 2.75) is 18.0 Å². The summed E-state index contributed by atoms with van der Waals surface area (Å²) in [5.41, 5.74) is -0.238. The van der Waals surface area contributed by atoms with Crippen molar-refractivity contribution >= 4 is 20.9 Å². The summed E-state index contributed by atoms with van der Waals surface area (Å²) in [4.78, 5) is 12.6. The fourth-order valence-electron chi connectivity index (χ4n) is 2.77. The molecule has 1 N–H and O–H groups in total. The van der Waals surface area contributed by atoms with Crippen molar-refractivity contribution in [2.24, 2.45) is 0 Å². The molecule has 9 heteroatoms. The van der Waals surface area contributed by atoms with Gasteiger partial charge in [-0.2, -0.15) is 13.2 Å². The van der Waals surface area contributed by atoms with E-state index in [0.29, 0.717) is 16.5 Å². The first-order chi connectivity index (χ1) is 12.5. The van der Waals surface area contributed by atoms with Crippen LogP contribution in [-0.2, 0) is 16.2 Å². The lowest BCUT2D eigenvalue weighted by atomic mass is 10.1. The maximum Gasteiger partial charge on any atom is 0.416 e. The zero-order valence-corrected chi connectivity index (χ0v) is 15.1. The van der Waals surface area contributed by atoms with Crippen LogP contribution in [-0.4, -0.2) is 20.0 Å². The molecule has 0 unspecified atom stereocenters. The molecule has 0 bridgehead atoms. The maximum absolute atomic E-state index is 12.8. The molecule has 0 saturated heterocycles. The lowest BCUT2D eigenvalue weighted by Crippen LogP contribution is -2.22. The van der Waals surface area contributed by atoms with E-state index in [-0.39, 0.29) is 10.6 Å². The lowest BCUT2D eigenvalue weighted by molar-refractivity contribution is -0.137. The van der Waals surface area contributed by atoms with Crippen molar-refractivity contribution in [3.05, 3.63) is 70.0 Å². The van der Waals surface area contributed by atoms with Gasteiger partial charge in [0.25, 0.3) is 5.56 Å². The number of halogens is 3. The van der Waals surface area contributed by atoms with E-state index in [2.05, 4.69) is 4.72 Å². The third-order valence-corrected chi connectivity index (χ3v) is 5.60. The number of aromatic nitrogens is 1. The predicted molar refractivity (Wildman–Crippen MR) is 95.5 cm³/mol. The summed E-state index contributed by atoms with van der Waals surface area (Å²) in [7, 11) is -2.39. The molecule has 0 saturated carbocycles. The Labute approximate surface area is 153 Å². The average molecular weight is 396 g/mol. The van der Waals surface area contributed by atoms with Crippen LogP contribution in [0, 0.1) is 6.92 Å². The van der Waals surface area contributed by atoms with Crippen molar-refractivity contribution < 1.29 is 21.6 Å². The van der Waals surface area contributed by atoms with Crippen LogP contribution in [0.5, 0.6) is 0 Å². The minimum Gasteiger partial charge on any atom is -0.277 e. The summed E-state index contributed by atoms with van der Waals surface area (Å²) in [5, 5.41) is 0.475. The number of fused-ring (bicyclic) bond motifs is 1. The minimum atomic E-state index is -4.48. The van der Waals surface area contributed by atoms with Crippen LogP contribution in [0.1, 0.15) is 11.1 Å². The monoisotopic (exact) mass is 396 g/mol. The van der Waals surface area contributed by atoms with Crippen LogP contribution in [0.2, 0.25) is 0 Å². The Bertz CT molecular complexity index is 1180. The van der Waals surface area contributed by atoms with Crippen molar-refractivity contribution in [1.29, 1.82) is 0 Å². The molecule has 0 aliphatic rings. The number of nitrogens with zero attached hydrogens (tertiary/aromatic N) is 1. The number of pyridine rings is 1. The van der Waals surface area contributed by atoms with E-state index < -0.39 is 27.3 Å². The highest BCUT2D eigenvalue weighted by molar-refractivity contribution is 7.89. The van der Waals surface area contributed by atoms with Crippen LogP contribution in [0.15, 0.2) is 58.2 Å². The number of aryl methyl sites for hydroxylation is 1. The molecular weight excluding hydrogens is 381 g/mol. The molecule has 0 atom stereocenters. The van der Waals surface area contributed by atoms with Crippen molar-refractivity contribution in [1.82, 2.24) is 9.29 Å². The van der Waals surface area contributed by atoms with Gasteiger partial charge < -0.3 is 0 Å². The summed E-state index contributed by atoms with van der Waals surface area (Å²) in [5.74, 6) is 0. The van der Waals surface area contributed by atoms with Crippen LogP contribution in [0.3, 0.4) is 0 Å². The second kappa shape index (κ2) is 6.50. The fraction of sp³-hybridized carbons (Fsp3) is 0.167. The van der Waals surface area contributed by atoms with Gasteiger partial charge in [0.1, 0.15) is 0 Å². The topological polar surface area (TPSA) is 68.2 Å². The largest absolute Gasteiger partial charge is 0.416 e. The average Bonchev–Trinajstić information content (AvgIpc) is 2.62. The second-order valence-electron chi connectivity index (χ2n) is 5.94. The number of benzene rings is 2. The van der Waals surface area contributed by atoms with Crippen molar-refractivity contribution in [2.75, 3.05) is 7.05 Å².